The molecule has 0 aliphatic carbocycles. The Labute approximate surface area is 159 Å². The first kappa shape index (κ1) is 17.8. The van der Waals surface area contributed by atoms with Gasteiger partial charge >= 0.3 is 6.18 Å². The molecule has 0 bridgehead atoms. The van der Waals surface area contributed by atoms with E-state index in [0.717, 1.165) is 17.8 Å². The topological polar surface area (TPSA) is 46.0 Å². The van der Waals surface area contributed by atoms with Crippen molar-refractivity contribution >= 4 is 11.4 Å². The van der Waals surface area contributed by atoms with Gasteiger partial charge in [0.05, 0.1) is 16.9 Å². The zero-order valence-electron chi connectivity index (χ0n) is 14.9. The molecule has 0 amide bonds. The van der Waals surface area contributed by atoms with E-state index in [-0.39, 0.29) is 0 Å². The lowest BCUT2D eigenvalue weighted by molar-refractivity contribution is -0.137. The molecule has 3 aromatic rings. The fraction of sp³-hybridized carbons (Fsp3) is 0.100. The maximum atomic E-state index is 13.0. The second-order valence-electron chi connectivity index (χ2n) is 6.19. The standard InChI is InChI=1S/C20H16F3N5/c1-14-24-25-19(28(14)16-8-3-2-4-9-16)18-11-6-12-27(26-18)17-10-5-7-15(13-17)20(21,22)23/h2-13,26H,1H3. The van der Waals surface area contributed by atoms with Crippen LogP contribution in [0.2, 0.25) is 0 Å². The lowest BCUT2D eigenvalue weighted by Gasteiger charge is -2.27. The Balaban J connectivity index is 1.67. The van der Waals surface area contributed by atoms with Gasteiger partial charge in [0.1, 0.15) is 5.82 Å². The van der Waals surface area contributed by atoms with Gasteiger partial charge in [-0.25, -0.2) is 0 Å². The van der Waals surface area contributed by atoms with Crippen molar-refractivity contribution in [3.8, 4) is 5.69 Å². The van der Waals surface area contributed by atoms with Crippen LogP contribution >= 0.6 is 0 Å². The molecule has 0 atom stereocenters. The first-order valence-electron chi connectivity index (χ1n) is 8.53. The Bertz CT molecular complexity index is 1050. The summed E-state index contributed by atoms with van der Waals surface area (Å²) >= 11 is 0. The Morgan fingerprint density at radius 3 is 2.43 bits per heavy atom. The van der Waals surface area contributed by atoms with Crippen LogP contribution in [0, 0.1) is 6.92 Å². The van der Waals surface area contributed by atoms with Gasteiger partial charge in [0.15, 0.2) is 5.82 Å². The molecular weight excluding hydrogens is 367 g/mol. The van der Waals surface area contributed by atoms with Gasteiger partial charge in [-0.1, -0.05) is 24.3 Å². The Hall–Kier alpha value is -3.55. The summed E-state index contributed by atoms with van der Waals surface area (Å²) in [6.07, 6.45) is 0.784. The highest BCUT2D eigenvalue weighted by molar-refractivity contribution is 5.68. The normalized spacial score (nSPS) is 14.0. The summed E-state index contributed by atoms with van der Waals surface area (Å²) in [6, 6.07) is 14.7. The van der Waals surface area contributed by atoms with Crippen molar-refractivity contribution in [2.24, 2.45) is 0 Å². The van der Waals surface area contributed by atoms with E-state index in [1.807, 2.05) is 41.8 Å². The van der Waals surface area contributed by atoms with Crippen molar-refractivity contribution < 1.29 is 13.2 Å². The first-order valence-corrected chi connectivity index (χ1v) is 8.53. The summed E-state index contributed by atoms with van der Waals surface area (Å²) in [7, 11) is 0. The molecule has 1 aromatic heterocycles. The average molecular weight is 383 g/mol. The van der Waals surface area contributed by atoms with E-state index >= 15 is 0 Å². The molecule has 0 fully saturated rings. The van der Waals surface area contributed by atoms with Crippen LogP contribution in [0.3, 0.4) is 0 Å². The van der Waals surface area contributed by atoms with Crippen molar-refractivity contribution in [1.29, 1.82) is 0 Å². The zero-order chi connectivity index (χ0) is 19.7. The van der Waals surface area contributed by atoms with Crippen molar-refractivity contribution in [3.05, 3.63) is 90.2 Å². The second-order valence-corrected chi connectivity index (χ2v) is 6.19. The molecule has 1 N–H and O–H groups in total. The maximum absolute atomic E-state index is 13.0. The summed E-state index contributed by atoms with van der Waals surface area (Å²) in [5.74, 6) is 1.26. The van der Waals surface area contributed by atoms with Crippen molar-refractivity contribution in [2.75, 3.05) is 5.01 Å². The number of allylic oxidation sites excluding steroid dienone is 2. The van der Waals surface area contributed by atoms with E-state index in [2.05, 4.69) is 15.6 Å². The number of aryl methyl sites for hydroxylation is 1. The van der Waals surface area contributed by atoms with E-state index in [4.69, 9.17) is 0 Å². The number of para-hydroxylation sites is 1. The highest BCUT2D eigenvalue weighted by Gasteiger charge is 2.31. The number of aromatic nitrogens is 3. The molecule has 142 valence electrons. The van der Waals surface area contributed by atoms with Gasteiger partial charge in [0.2, 0.25) is 0 Å². The van der Waals surface area contributed by atoms with Crippen LogP contribution in [0.4, 0.5) is 18.9 Å². The van der Waals surface area contributed by atoms with Crippen molar-refractivity contribution in [3.63, 3.8) is 0 Å². The molecule has 28 heavy (non-hydrogen) atoms. The Morgan fingerprint density at radius 2 is 1.68 bits per heavy atom. The summed E-state index contributed by atoms with van der Waals surface area (Å²) in [5.41, 5.74) is 4.26. The molecule has 0 unspecified atom stereocenters. The number of nitrogens with zero attached hydrogens (tertiary/aromatic N) is 4. The van der Waals surface area contributed by atoms with Gasteiger partial charge in [0, 0.05) is 11.9 Å². The molecule has 0 saturated carbocycles. The third kappa shape index (κ3) is 3.36. The minimum atomic E-state index is -4.40. The molecule has 0 radical (unpaired) electrons. The number of rotatable bonds is 3. The fourth-order valence-corrected chi connectivity index (χ4v) is 2.96. The molecule has 2 heterocycles. The molecule has 8 heteroatoms. The Kier molecular flexibility index (Phi) is 4.38. The third-order valence-corrected chi connectivity index (χ3v) is 4.27. The first-order chi connectivity index (χ1) is 13.4. The quantitative estimate of drug-likeness (QED) is 0.725. The number of benzene rings is 2. The van der Waals surface area contributed by atoms with Crippen LogP contribution in [0.1, 0.15) is 17.2 Å². The summed E-state index contributed by atoms with van der Waals surface area (Å²) in [4.78, 5) is 0. The van der Waals surface area contributed by atoms with Gasteiger partial charge < -0.3 is 0 Å². The predicted molar refractivity (Wildman–Crippen MR) is 100 cm³/mol. The molecule has 1 aliphatic heterocycles. The van der Waals surface area contributed by atoms with Crippen LogP contribution in [-0.4, -0.2) is 14.8 Å². The van der Waals surface area contributed by atoms with E-state index in [0.29, 0.717) is 23.0 Å². The van der Waals surface area contributed by atoms with Crippen LogP contribution in [-0.2, 0) is 6.18 Å². The minimum absolute atomic E-state index is 0.360. The van der Waals surface area contributed by atoms with E-state index in [9.17, 15) is 13.2 Å². The molecule has 4 rings (SSSR count). The summed E-state index contributed by atoms with van der Waals surface area (Å²) in [6.45, 7) is 1.84. The van der Waals surface area contributed by atoms with Gasteiger partial charge in [-0.15, -0.1) is 10.2 Å². The van der Waals surface area contributed by atoms with Gasteiger partial charge in [0.25, 0.3) is 0 Å². The molecule has 0 spiro atoms. The molecule has 2 aromatic carbocycles. The van der Waals surface area contributed by atoms with Crippen molar-refractivity contribution in [1.82, 2.24) is 20.2 Å². The summed E-state index contributed by atoms with van der Waals surface area (Å²) < 4.78 is 41.0. The number of halogens is 3. The number of alkyl halides is 3. The third-order valence-electron chi connectivity index (χ3n) is 4.27. The Morgan fingerprint density at radius 1 is 0.929 bits per heavy atom. The molecular formula is C20H16F3N5. The molecule has 5 nitrogen and oxygen atoms in total. The van der Waals surface area contributed by atoms with E-state index in [1.54, 1.807) is 24.4 Å². The van der Waals surface area contributed by atoms with E-state index < -0.39 is 11.7 Å². The lowest BCUT2D eigenvalue weighted by atomic mass is 10.2. The highest BCUT2D eigenvalue weighted by Crippen LogP contribution is 2.32. The van der Waals surface area contributed by atoms with Crippen LogP contribution in [0.15, 0.2) is 72.9 Å². The summed E-state index contributed by atoms with van der Waals surface area (Å²) in [5, 5.41) is 9.91. The number of hydrogen-bond acceptors (Lipinski definition) is 4. The zero-order valence-corrected chi connectivity index (χ0v) is 14.9. The van der Waals surface area contributed by atoms with Gasteiger partial charge in [-0.2, -0.15) is 13.2 Å². The number of nitrogens with one attached hydrogen (secondary N) is 1. The van der Waals surface area contributed by atoms with Crippen LogP contribution < -0.4 is 10.4 Å². The monoisotopic (exact) mass is 383 g/mol. The van der Waals surface area contributed by atoms with Gasteiger partial charge in [-0.3, -0.25) is 15.0 Å². The lowest BCUT2D eigenvalue weighted by Crippen LogP contribution is -2.34. The van der Waals surface area contributed by atoms with Crippen molar-refractivity contribution in [2.45, 2.75) is 13.1 Å². The van der Waals surface area contributed by atoms with Crippen LogP contribution in [0.25, 0.3) is 11.4 Å². The predicted octanol–water partition coefficient (Wildman–Crippen LogP) is 4.47. The number of hydrogen-bond donors (Lipinski definition) is 1. The van der Waals surface area contributed by atoms with Crippen LogP contribution in [0.5, 0.6) is 0 Å². The number of anilines is 1. The largest absolute Gasteiger partial charge is 0.416 e. The highest BCUT2D eigenvalue weighted by atomic mass is 19.4. The molecule has 1 aliphatic rings. The minimum Gasteiger partial charge on any atom is -0.291 e. The van der Waals surface area contributed by atoms with E-state index in [1.165, 1.54) is 11.1 Å². The number of hydrazine groups is 1. The second kappa shape index (κ2) is 6.88. The maximum Gasteiger partial charge on any atom is 0.416 e. The molecule has 0 saturated heterocycles. The van der Waals surface area contributed by atoms with Gasteiger partial charge in [-0.05, 0) is 49.4 Å². The average Bonchev–Trinajstić information content (AvgIpc) is 3.10. The SMILES string of the molecule is Cc1nnc(C2=CC=CN(c3cccc(C(F)(F)F)c3)N2)n1-c1ccccc1. The fourth-order valence-electron chi connectivity index (χ4n) is 2.96. The smallest absolute Gasteiger partial charge is 0.291 e.